The van der Waals surface area contributed by atoms with Gasteiger partial charge in [0, 0.05) is 38.4 Å². The van der Waals surface area contributed by atoms with Crippen LogP contribution in [0.25, 0.3) is 0 Å². The summed E-state index contributed by atoms with van der Waals surface area (Å²) in [7, 11) is 1.67. The second-order valence-corrected chi connectivity index (χ2v) is 5.34. The summed E-state index contributed by atoms with van der Waals surface area (Å²) in [5, 5.41) is 11.6. The number of hydrogen-bond acceptors (Lipinski definition) is 3. The molecule has 110 valence electrons. The number of nitrogens with zero attached hydrogens (tertiary/aromatic N) is 2. The van der Waals surface area contributed by atoms with Gasteiger partial charge in [-0.2, -0.15) is 0 Å². The summed E-state index contributed by atoms with van der Waals surface area (Å²) < 4.78 is 0. The highest BCUT2D eigenvalue weighted by atomic mass is 16.4. The Labute approximate surface area is 118 Å². The molecule has 0 saturated heterocycles. The lowest BCUT2D eigenvalue weighted by atomic mass is 9.94. The zero-order chi connectivity index (χ0) is 15.2. The smallest absolute Gasteiger partial charge is 0.317 e. The van der Waals surface area contributed by atoms with Crippen molar-refractivity contribution in [2.45, 2.75) is 20.3 Å². The van der Waals surface area contributed by atoms with Crippen LogP contribution in [0, 0.1) is 5.41 Å². The van der Waals surface area contributed by atoms with Gasteiger partial charge in [0.1, 0.15) is 0 Å². The minimum atomic E-state index is -0.975. The number of carboxylic acid groups (broad SMARTS) is 1. The van der Waals surface area contributed by atoms with Crippen LogP contribution < -0.4 is 5.32 Å². The number of carboxylic acids is 1. The maximum absolute atomic E-state index is 11.8. The molecule has 0 aliphatic carbocycles. The average Bonchev–Trinajstić information content (AvgIpc) is 2.43. The van der Waals surface area contributed by atoms with Crippen LogP contribution in [0.4, 0.5) is 4.79 Å². The summed E-state index contributed by atoms with van der Waals surface area (Å²) in [6.07, 6.45) is 2.37. The number of pyridine rings is 1. The van der Waals surface area contributed by atoms with E-state index in [1.54, 1.807) is 27.1 Å². The molecule has 1 aromatic heterocycles. The monoisotopic (exact) mass is 279 g/mol. The fourth-order valence-electron chi connectivity index (χ4n) is 1.44. The van der Waals surface area contributed by atoms with Crippen LogP contribution in [0.2, 0.25) is 0 Å². The third kappa shape index (κ3) is 4.87. The van der Waals surface area contributed by atoms with E-state index in [9.17, 15) is 9.59 Å². The predicted molar refractivity (Wildman–Crippen MR) is 75.4 cm³/mol. The number of carbonyl (C=O) groups is 2. The van der Waals surface area contributed by atoms with Crippen molar-refractivity contribution in [3.05, 3.63) is 30.1 Å². The Morgan fingerprint density at radius 2 is 2.10 bits per heavy atom. The maximum Gasteiger partial charge on any atom is 0.317 e. The van der Waals surface area contributed by atoms with Gasteiger partial charge in [0.05, 0.1) is 5.41 Å². The van der Waals surface area contributed by atoms with Crippen LogP contribution in [-0.4, -0.2) is 47.1 Å². The van der Waals surface area contributed by atoms with E-state index in [1.807, 2.05) is 18.2 Å². The topological polar surface area (TPSA) is 82.5 Å². The molecule has 0 unspecified atom stereocenters. The van der Waals surface area contributed by atoms with Gasteiger partial charge >= 0.3 is 12.0 Å². The van der Waals surface area contributed by atoms with Gasteiger partial charge in [-0.25, -0.2) is 4.79 Å². The molecule has 0 aromatic carbocycles. The van der Waals surface area contributed by atoms with E-state index in [-0.39, 0.29) is 12.6 Å². The summed E-state index contributed by atoms with van der Waals surface area (Å²) in [6, 6.07) is 5.36. The maximum atomic E-state index is 11.8. The molecular formula is C14H21N3O3. The largest absolute Gasteiger partial charge is 0.481 e. The van der Waals surface area contributed by atoms with Crippen LogP contribution in [0.5, 0.6) is 0 Å². The number of likely N-dealkylation sites (N-methyl/N-ethyl adjacent to an activating group) is 1. The Balaban J connectivity index is 2.38. The van der Waals surface area contributed by atoms with E-state index >= 15 is 0 Å². The van der Waals surface area contributed by atoms with Gasteiger partial charge in [0.25, 0.3) is 0 Å². The number of rotatable bonds is 6. The molecule has 1 rings (SSSR count). The number of nitrogens with one attached hydrogen (secondary N) is 1. The highest BCUT2D eigenvalue weighted by Gasteiger charge is 2.27. The number of aliphatic carboxylic acids is 1. The number of amides is 2. The normalized spacial score (nSPS) is 10.9. The molecule has 0 spiro atoms. The van der Waals surface area contributed by atoms with Gasteiger partial charge in [0.2, 0.25) is 0 Å². The van der Waals surface area contributed by atoms with Crippen molar-refractivity contribution in [3.63, 3.8) is 0 Å². The molecule has 0 aliphatic rings. The van der Waals surface area contributed by atoms with Gasteiger partial charge in [-0.3, -0.25) is 9.78 Å². The van der Waals surface area contributed by atoms with Gasteiger partial charge in [0.15, 0.2) is 0 Å². The first kappa shape index (κ1) is 15.9. The van der Waals surface area contributed by atoms with Crippen molar-refractivity contribution >= 4 is 12.0 Å². The average molecular weight is 279 g/mol. The Morgan fingerprint density at radius 3 is 2.65 bits per heavy atom. The first-order valence-electron chi connectivity index (χ1n) is 6.45. The molecular weight excluding hydrogens is 258 g/mol. The minimum absolute atomic E-state index is 0.0924. The third-order valence-corrected chi connectivity index (χ3v) is 3.04. The number of carbonyl (C=O) groups excluding carboxylic acids is 1. The lowest BCUT2D eigenvalue weighted by Crippen LogP contribution is -2.44. The first-order valence-corrected chi connectivity index (χ1v) is 6.45. The second-order valence-electron chi connectivity index (χ2n) is 5.34. The Kier molecular flexibility index (Phi) is 5.49. The van der Waals surface area contributed by atoms with Crippen LogP contribution in [0.3, 0.4) is 0 Å². The van der Waals surface area contributed by atoms with Gasteiger partial charge in [-0.15, -0.1) is 0 Å². The van der Waals surface area contributed by atoms with Crippen molar-refractivity contribution in [2.75, 3.05) is 20.1 Å². The van der Waals surface area contributed by atoms with Crippen molar-refractivity contribution in [1.82, 2.24) is 15.2 Å². The lowest BCUT2D eigenvalue weighted by molar-refractivity contribution is -0.146. The van der Waals surface area contributed by atoms with Crippen molar-refractivity contribution in [2.24, 2.45) is 5.41 Å². The number of urea groups is 1. The van der Waals surface area contributed by atoms with Gasteiger partial charge < -0.3 is 15.3 Å². The summed E-state index contributed by atoms with van der Waals surface area (Å²) in [5.74, 6) is -0.936. The van der Waals surface area contributed by atoms with E-state index in [4.69, 9.17) is 5.11 Å². The zero-order valence-electron chi connectivity index (χ0n) is 12.1. The second kappa shape index (κ2) is 6.88. The molecule has 0 radical (unpaired) electrons. The Hall–Kier alpha value is -2.11. The summed E-state index contributed by atoms with van der Waals surface area (Å²) in [5.41, 5.74) is -0.0599. The van der Waals surface area contributed by atoms with Gasteiger partial charge in [-0.05, 0) is 26.0 Å². The van der Waals surface area contributed by atoms with E-state index < -0.39 is 11.4 Å². The molecule has 6 heteroatoms. The molecule has 2 N–H and O–H groups in total. The molecule has 0 aliphatic heterocycles. The zero-order valence-corrected chi connectivity index (χ0v) is 12.1. The van der Waals surface area contributed by atoms with E-state index in [2.05, 4.69) is 10.3 Å². The van der Waals surface area contributed by atoms with Crippen molar-refractivity contribution in [3.8, 4) is 0 Å². The summed E-state index contributed by atoms with van der Waals surface area (Å²) >= 11 is 0. The first-order chi connectivity index (χ1) is 9.33. The predicted octanol–water partition coefficient (Wildman–Crippen LogP) is 1.38. The summed E-state index contributed by atoms with van der Waals surface area (Å²) in [4.78, 5) is 28.5. The van der Waals surface area contributed by atoms with E-state index in [1.165, 1.54) is 4.90 Å². The quantitative estimate of drug-likeness (QED) is 0.824. The molecule has 1 heterocycles. The molecule has 0 fully saturated rings. The highest BCUT2D eigenvalue weighted by Crippen LogP contribution is 2.13. The summed E-state index contributed by atoms with van der Waals surface area (Å²) in [6.45, 7) is 3.76. The molecule has 20 heavy (non-hydrogen) atoms. The molecule has 0 atom stereocenters. The molecule has 2 amide bonds. The Morgan fingerprint density at radius 1 is 1.40 bits per heavy atom. The third-order valence-electron chi connectivity index (χ3n) is 3.04. The van der Waals surface area contributed by atoms with Crippen molar-refractivity contribution < 1.29 is 14.7 Å². The number of aromatic nitrogens is 1. The lowest BCUT2D eigenvalue weighted by Gasteiger charge is -2.23. The molecule has 6 nitrogen and oxygen atoms in total. The van der Waals surface area contributed by atoms with Crippen LogP contribution in [0.15, 0.2) is 24.4 Å². The van der Waals surface area contributed by atoms with Crippen LogP contribution in [-0.2, 0) is 11.2 Å². The number of hydrogen-bond donors (Lipinski definition) is 2. The molecule has 0 saturated carbocycles. The molecule has 1 aromatic rings. The van der Waals surface area contributed by atoms with Crippen molar-refractivity contribution in [1.29, 1.82) is 0 Å². The van der Waals surface area contributed by atoms with E-state index in [0.717, 1.165) is 5.69 Å². The van der Waals surface area contributed by atoms with E-state index in [0.29, 0.717) is 13.0 Å². The SMILES string of the molecule is CN(CCc1ccccn1)C(=O)NCC(C)(C)C(=O)O. The Bertz CT molecular complexity index is 460. The fraction of sp³-hybridized carbons (Fsp3) is 0.500. The van der Waals surface area contributed by atoms with Gasteiger partial charge in [-0.1, -0.05) is 6.07 Å². The van der Waals surface area contributed by atoms with Crippen LogP contribution >= 0.6 is 0 Å². The minimum Gasteiger partial charge on any atom is -0.481 e. The molecule has 0 bridgehead atoms. The standard InChI is InChI=1S/C14H21N3O3/c1-14(2,12(18)19)10-16-13(20)17(3)9-7-11-6-4-5-8-15-11/h4-6,8H,7,9-10H2,1-3H3,(H,16,20)(H,18,19). The van der Waals surface area contributed by atoms with Crippen LogP contribution in [0.1, 0.15) is 19.5 Å². The fourth-order valence-corrected chi connectivity index (χ4v) is 1.44. The highest BCUT2D eigenvalue weighted by molar-refractivity contribution is 5.77.